The largest absolute Gasteiger partial charge is 0.606 e. The Kier molecular flexibility index (Phi) is 8.66. The fourth-order valence-corrected chi connectivity index (χ4v) is 6.11. The van der Waals surface area contributed by atoms with Crippen LogP contribution in [0.5, 0.6) is 0 Å². The Hall–Kier alpha value is -2.60. The van der Waals surface area contributed by atoms with Gasteiger partial charge in [-0.05, 0) is 54.3 Å². The molecule has 1 fully saturated rings. The van der Waals surface area contributed by atoms with E-state index in [-0.39, 0.29) is 5.78 Å². The number of hydrogen-bond acceptors (Lipinski definition) is 4. The Morgan fingerprint density at radius 1 is 0.971 bits per heavy atom. The maximum atomic E-state index is 12.6. The quantitative estimate of drug-likeness (QED) is 0.308. The molecule has 184 valence electrons. The summed E-state index contributed by atoms with van der Waals surface area (Å²) in [7, 11) is 0. The molecule has 1 saturated heterocycles. The van der Waals surface area contributed by atoms with Crippen molar-refractivity contribution in [3.63, 3.8) is 0 Å². The normalized spacial score (nSPS) is 16.7. The minimum absolute atomic E-state index is 0.237. The standard InChI is InChI=1S/C16H16OS.C14H19NO2/c1-11(2)13-7-5-9-16-14(13)10-12-6-3-4-8-15(12)18(16)17;1-2-3-14(16)12-4-6-13(7-5-12)15-8-10-17-11-9-15/h3-9,11H,10H2,1-2H3;4-7H,2-3,8-11H2,1H3. The number of benzene rings is 3. The number of morpholine rings is 1. The predicted molar refractivity (Wildman–Crippen MR) is 143 cm³/mol. The lowest BCUT2D eigenvalue weighted by Crippen LogP contribution is -2.36. The van der Waals surface area contributed by atoms with Crippen molar-refractivity contribution in [3.05, 3.63) is 89.0 Å². The van der Waals surface area contributed by atoms with Gasteiger partial charge in [0, 0.05) is 59.5 Å². The zero-order valence-corrected chi connectivity index (χ0v) is 21.8. The third-order valence-corrected chi connectivity index (χ3v) is 8.15. The molecule has 4 nitrogen and oxygen atoms in total. The molecule has 2 heterocycles. The third-order valence-electron chi connectivity index (χ3n) is 6.57. The molecular formula is C30H35NO3S. The molecule has 5 rings (SSSR count). The zero-order valence-electron chi connectivity index (χ0n) is 21.0. The van der Waals surface area contributed by atoms with Crippen LogP contribution in [0.15, 0.2) is 76.5 Å². The van der Waals surface area contributed by atoms with Crippen LogP contribution >= 0.6 is 0 Å². The molecule has 0 radical (unpaired) electrons. The maximum Gasteiger partial charge on any atom is 0.162 e. The van der Waals surface area contributed by atoms with Gasteiger partial charge in [0.05, 0.1) is 13.2 Å². The number of anilines is 1. The summed E-state index contributed by atoms with van der Waals surface area (Å²) in [6.07, 6.45) is 2.45. The monoisotopic (exact) mass is 489 g/mol. The Labute approximate surface area is 212 Å². The summed E-state index contributed by atoms with van der Waals surface area (Å²) in [4.78, 5) is 16.0. The Balaban J connectivity index is 0.000000165. The van der Waals surface area contributed by atoms with Gasteiger partial charge in [-0.15, -0.1) is 0 Å². The minimum atomic E-state index is -1.02. The van der Waals surface area contributed by atoms with Crippen LogP contribution in [-0.4, -0.2) is 36.6 Å². The highest BCUT2D eigenvalue weighted by Crippen LogP contribution is 2.37. The van der Waals surface area contributed by atoms with Gasteiger partial charge in [0.1, 0.15) is 0 Å². The number of ether oxygens (including phenoxy) is 1. The topological polar surface area (TPSA) is 52.6 Å². The Morgan fingerprint density at radius 2 is 1.66 bits per heavy atom. The van der Waals surface area contributed by atoms with Crippen molar-refractivity contribution in [3.8, 4) is 0 Å². The molecule has 0 saturated carbocycles. The van der Waals surface area contributed by atoms with E-state index in [2.05, 4.69) is 30.9 Å². The summed E-state index contributed by atoms with van der Waals surface area (Å²) in [5.74, 6) is 0.711. The van der Waals surface area contributed by atoms with Crippen molar-refractivity contribution in [1.29, 1.82) is 0 Å². The molecule has 0 spiro atoms. The second-order valence-electron chi connectivity index (χ2n) is 9.35. The number of fused-ring (bicyclic) bond motifs is 2. The summed E-state index contributed by atoms with van der Waals surface area (Å²) < 4.78 is 17.9. The fraction of sp³-hybridized carbons (Fsp3) is 0.367. The first-order valence-electron chi connectivity index (χ1n) is 12.6. The molecule has 0 bridgehead atoms. The zero-order chi connectivity index (χ0) is 24.8. The van der Waals surface area contributed by atoms with Gasteiger partial charge >= 0.3 is 0 Å². The third kappa shape index (κ3) is 5.97. The van der Waals surface area contributed by atoms with E-state index in [0.717, 1.165) is 54.5 Å². The Morgan fingerprint density at radius 3 is 2.34 bits per heavy atom. The van der Waals surface area contributed by atoms with Crippen LogP contribution in [0.4, 0.5) is 5.69 Å². The van der Waals surface area contributed by atoms with Crippen molar-refractivity contribution in [2.75, 3.05) is 31.2 Å². The average Bonchev–Trinajstić information content (AvgIpc) is 2.90. The molecule has 5 heteroatoms. The van der Waals surface area contributed by atoms with E-state index in [9.17, 15) is 9.35 Å². The van der Waals surface area contributed by atoms with Crippen molar-refractivity contribution in [2.24, 2.45) is 0 Å². The van der Waals surface area contributed by atoms with Crippen LogP contribution in [0.3, 0.4) is 0 Å². The molecule has 0 aliphatic carbocycles. The molecule has 1 unspecified atom stereocenters. The lowest BCUT2D eigenvalue weighted by Gasteiger charge is -2.28. The lowest BCUT2D eigenvalue weighted by molar-refractivity contribution is 0.0981. The molecule has 3 aromatic rings. The summed E-state index contributed by atoms with van der Waals surface area (Å²) in [6, 6.07) is 22.2. The van der Waals surface area contributed by atoms with E-state index in [1.54, 1.807) is 0 Å². The van der Waals surface area contributed by atoms with E-state index in [4.69, 9.17) is 4.74 Å². The highest BCUT2D eigenvalue weighted by molar-refractivity contribution is 7.91. The van der Waals surface area contributed by atoms with E-state index >= 15 is 0 Å². The van der Waals surface area contributed by atoms with Gasteiger partial charge in [-0.25, -0.2) is 0 Å². The van der Waals surface area contributed by atoms with Crippen LogP contribution in [0.1, 0.15) is 66.6 Å². The van der Waals surface area contributed by atoms with Crippen LogP contribution < -0.4 is 4.90 Å². The fourth-order valence-electron chi connectivity index (χ4n) is 4.68. The van der Waals surface area contributed by atoms with Gasteiger partial charge in [0.2, 0.25) is 0 Å². The first kappa shape index (κ1) is 25.5. The van der Waals surface area contributed by atoms with Gasteiger partial charge in [-0.3, -0.25) is 4.79 Å². The highest BCUT2D eigenvalue weighted by Gasteiger charge is 2.29. The molecule has 0 aromatic heterocycles. The van der Waals surface area contributed by atoms with Gasteiger partial charge in [0.15, 0.2) is 15.6 Å². The van der Waals surface area contributed by atoms with Crippen molar-refractivity contribution in [2.45, 2.75) is 55.7 Å². The van der Waals surface area contributed by atoms with Crippen LogP contribution in [-0.2, 0) is 22.3 Å². The predicted octanol–water partition coefficient (Wildman–Crippen LogP) is 6.39. The van der Waals surface area contributed by atoms with Crippen molar-refractivity contribution in [1.82, 2.24) is 0 Å². The molecule has 2 aliphatic heterocycles. The number of hydrogen-bond donors (Lipinski definition) is 0. The number of nitrogens with zero attached hydrogens (tertiary/aromatic N) is 1. The van der Waals surface area contributed by atoms with Crippen LogP contribution in [0.25, 0.3) is 0 Å². The van der Waals surface area contributed by atoms with E-state index < -0.39 is 11.2 Å². The molecule has 1 atom stereocenters. The molecular weight excluding hydrogens is 454 g/mol. The van der Waals surface area contributed by atoms with Gasteiger partial charge in [-0.1, -0.05) is 51.1 Å². The van der Waals surface area contributed by atoms with Crippen molar-refractivity contribution >= 4 is 22.6 Å². The van der Waals surface area contributed by atoms with Crippen LogP contribution in [0.2, 0.25) is 0 Å². The summed E-state index contributed by atoms with van der Waals surface area (Å²) >= 11 is -1.02. The number of carbonyl (C=O) groups is 1. The van der Waals surface area contributed by atoms with E-state index in [1.807, 2.05) is 61.5 Å². The van der Waals surface area contributed by atoms with Gasteiger partial charge in [-0.2, -0.15) is 0 Å². The van der Waals surface area contributed by atoms with E-state index in [0.29, 0.717) is 12.3 Å². The minimum Gasteiger partial charge on any atom is -0.606 e. The second kappa shape index (κ2) is 11.9. The summed E-state index contributed by atoms with van der Waals surface area (Å²) in [5, 5.41) is 0. The lowest BCUT2D eigenvalue weighted by atomic mass is 9.92. The van der Waals surface area contributed by atoms with E-state index in [1.165, 1.54) is 22.4 Å². The van der Waals surface area contributed by atoms with Crippen LogP contribution in [0, 0.1) is 0 Å². The molecule has 3 aromatic carbocycles. The Bertz CT molecular complexity index is 1140. The van der Waals surface area contributed by atoms with Crippen molar-refractivity contribution < 1.29 is 14.1 Å². The van der Waals surface area contributed by atoms with Gasteiger partial charge in [0.25, 0.3) is 0 Å². The maximum absolute atomic E-state index is 12.6. The molecule has 0 amide bonds. The van der Waals surface area contributed by atoms with Gasteiger partial charge < -0.3 is 14.2 Å². The summed E-state index contributed by atoms with van der Waals surface area (Å²) in [6.45, 7) is 9.86. The number of rotatable bonds is 5. The SMILES string of the molecule is CC(C)c1cccc2c1Cc1ccccc1[S+]2[O-].CCCC(=O)c1ccc(N2CCOCC2)cc1. The summed E-state index contributed by atoms with van der Waals surface area (Å²) in [5.41, 5.74) is 5.81. The second-order valence-corrected chi connectivity index (χ2v) is 10.8. The smallest absolute Gasteiger partial charge is 0.162 e. The molecule has 35 heavy (non-hydrogen) atoms. The molecule has 0 N–H and O–H groups in total. The number of carbonyl (C=O) groups excluding carboxylic acids is 1. The number of Topliss-reactive ketones (excluding diaryl/α,β-unsaturated/α-hetero) is 1. The first-order chi connectivity index (χ1) is 17.0. The number of ketones is 1. The highest BCUT2D eigenvalue weighted by atomic mass is 32.2. The average molecular weight is 490 g/mol. The molecule has 2 aliphatic rings. The first-order valence-corrected chi connectivity index (χ1v) is 13.7.